The van der Waals surface area contributed by atoms with E-state index in [-0.39, 0.29) is 11.7 Å². The van der Waals surface area contributed by atoms with E-state index in [1.807, 2.05) is 55.5 Å². The van der Waals surface area contributed by atoms with E-state index >= 15 is 0 Å². The number of nitrogens with one attached hydrogen (secondary N) is 1. The Morgan fingerprint density at radius 2 is 2.00 bits per heavy atom. The van der Waals surface area contributed by atoms with Crippen molar-refractivity contribution in [3.63, 3.8) is 0 Å². The first-order valence-corrected chi connectivity index (χ1v) is 9.30. The van der Waals surface area contributed by atoms with Crippen molar-refractivity contribution in [2.75, 3.05) is 0 Å². The van der Waals surface area contributed by atoms with Crippen LogP contribution in [0.5, 0.6) is 0 Å². The number of para-hydroxylation sites is 2. The van der Waals surface area contributed by atoms with Crippen molar-refractivity contribution in [1.82, 2.24) is 19.7 Å². The van der Waals surface area contributed by atoms with Gasteiger partial charge in [-0.25, -0.2) is 9.67 Å². The molecule has 1 N–H and O–H groups in total. The summed E-state index contributed by atoms with van der Waals surface area (Å²) in [6.07, 6.45) is 1.19. The summed E-state index contributed by atoms with van der Waals surface area (Å²) in [7, 11) is 0. The molecule has 0 radical (unpaired) electrons. The number of nitrogens with zero attached hydrogens (tertiary/aromatic N) is 3. The minimum Gasteiger partial charge on any atom is -0.322 e. The summed E-state index contributed by atoms with van der Waals surface area (Å²) < 4.78 is 1.79. The summed E-state index contributed by atoms with van der Waals surface area (Å²) in [5.74, 6) is 0.851. The van der Waals surface area contributed by atoms with E-state index in [9.17, 15) is 4.79 Å². The van der Waals surface area contributed by atoms with E-state index in [1.54, 1.807) is 4.68 Å². The second-order valence-electron chi connectivity index (χ2n) is 6.98. The molecule has 6 heteroatoms. The Kier molecular flexibility index (Phi) is 3.65. The van der Waals surface area contributed by atoms with Crippen molar-refractivity contribution in [1.29, 1.82) is 0 Å². The van der Waals surface area contributed by atoms with Crippen LogP contribution >= 0.6 is 11.6 Å². The second kappa shape index (κ2) is 6.06. The first-order valence-electron chi connectivity index (χ1n) is 8.92. The van der Waals surface area contributed by atoms with Crippen LogP contribution in [0.2, 0.25) is 5.02 Å². The maximum atomic E-state index is 12.9. The molecule has 1 atom stereocenters. The van der Waals surface area contributed by atoms with Gasteiger partial charge in [-0.2, -0.15) is 5.10 Å². The summed E-state index contributed by atoms with van der Waals surface area (Å²) in [4.78, 5) is 20.8. The summed E-state index contributed by atoms with van der Waals surface area (Å²) in [6, 6.07) is 15.6. The highest BCUT2D eigenvalue weighted by molar-refractivity contribution is 6.30. The zero-order chi connectivity index (χ0) is 18.5. The van der Waals surface area contributed by atoms with Gasteiger partial charge >= 0.3 is 0 Å². The number of aryl methyl sites for hydroxylation is 1. The van der Waals surface area contributed by atoms with Gasteiger partial charge in [-0.3, -0.25) is 4.79 Å². The van der Waals surface area contributed by atoms with Crippen LogP contribution in [-0.4, -0.2) is 25.5 Å². The van der Waals surface area contributed by atoms with Crippen LogP contribution in [-0.2, 0) is 6.42 Å². The number of imidazole rings is 1. The summed E-state index contributed by atoms with van der Waals surface area (Å²) in [6.45, 7) is 1.88. The summed E-state index contributed by atoms with van der Waals surface area (Å²) in [5, 5.41) is 5.32. The highest BCUT2D eigenvalue weighted by Gasteiger charge is 2.32. The average Bonchev–Trinajstić information content (AvgIpc) is 3.23. The van der Waals surface area contributed by atoms with Gasteiger partial charge in [0.1, 0.15) is 0 Å². The number of carbonyl (C=O) groups is 1. The van der Waals surface area contributed by atoms with Crippen LogP contribution in [0.15, 0.2) is 48.5 Å². The monoisotopic (exact) mass is 376 g/mol. The maximum Gasteiger partial charge on any atom is 0.229 e. The lowest BCUT2D eigenvalue weighted by Crippen LogP contribution is -2.21. The Labute approximate surface area is 161 Å². The lowest BCUT2D eigenvalue weighted by Gasteiger charge is -2.22. The number of carbonyl (C=O) groups excluding carboxylic acids is 1. The summed E-state index contributed by atoms with van der Waals surface area (Å²) >= 11 is 6.16. The zero-order valence-corrected chi connectivity index (χ0v) is 15.5. The molecule has 1 unspecified atom stereocenters. The highest BCUT2D eigenvalue weighted by Crippen LogP contribution is 2.35. The van der Waals surface area contributed by atoms with Crippen molar-refractivity contribution in [2.24, 2.45) is 0 Å². The van der Waals surface area contributed by atoms with Gasteiger partial charge in [-0.05, 0) is 49.1 Å². The number of aromatic nitrogens is 4. The fourth-order valence-electron chi connectivity index (χ4n) is 3.97. The van der Waals surface area contributed by atoms with Crippen molar-refractivity contribution in [2.45, 2.75) is 25.7 Å². The Bertz CT molecular complexity index is 1160. The number of ketones is 1. The largest absolute Gasteiger partial charge is 0.322 e. The molecule has 4 aromatic rings. The number of aromatic amines is 1. The molecule has 0 aliphatic heterocycles. The van der Waals surface area contributed by atoms with Gasteiger partial charge in [-0.15, -0.1) is 0 Å². The first kappa shape index (κ1) is 16.3. The molecule has 134 valence electrons. The molecule has 0 saturated carbocycles. The smallest absolute Gasteiger partial charge is 0.229 e. The van der Waals surface area contributed by atoms with Gasteiger partial charge in [0.2, 0.25) is 5.95 Å². The Hall–Kier alpha value is -2.92. The number of halogens is 1. The molecule has 27 heavy (non-hydrogen) atoms. The standard InChI is InChI=1S/C21H17ClN4O/c1-12-20-18(10-14(11-19(20)27)13-5-4-6-15(22)9-13)26(25-12)21-23-16-7-2-3-8-17(16)24-21/h2-9,14H,10-11H2,1H3,(H,23,24). The molecule has 0 saturated heterocycles. The number of H-pyrrole nitrogens is 1. The molecule has 1 aliphatic rings. The third kappa shape index (κ3) is 2.66. The third-order valence-corrected chi connectivity index (χ3v) is 5.44. The van der Waals surface area contributed by atoms with Crippen LogP contribution in [0.25, 0.3) is 17.0 Å². The predicted molar refractivity (Wildman–Crippen MR) is 105 cm³/mol. The van der Waals surface area contributed by atoms with E-state index in [0.29, 0.717) is 17.4 Å². The van der Waals surface area contributed by atoms with Crippen LogP contribution in [0.4, 0.5) is 0 Å². The Morgan fingerprint density at radius 1 is 1.15 bits per heavy atom. The molecule has 2 heterocycles. The molecule has 0 amide bonds. The van der Waals surface area contributed by atoms with Crippen LogP contribution in [0.1, 0.15) is 39.6 Å². The van der Waals surface area contributed by atoms with Gasteiger partial charge < -0.3 is 4.98 Å². The number of fused-ring (bicyclic) bond motifs is 2. The van der Waals surface area contributed by atoms with Crippen molar-refractivity contribution in [3.05, 3.63) is 76.1 Å². The van der Waals surface area contributed by atoms with Gasteiger partial charge in [0.15, 0.2) is 5.78 Å². The number of hydrogen-bond donors (Lipinski definition) is 1. The Morgan fingerprint density at radius 3 is 2.81 bits per heavy atom. The topological polar surface area (TPSA) is 63.6 Å². The molecule has 2 aromatic carbocycles. The molecule has 0 bridgehead atoms. The van der Waals surface area contributed by atoms with Gasteiger partial charge in [0.05, 0.1) is 28.0 Å². The number of benzene rings is 2. The minimum atomic E-state index is 0.0860. The predicted octanol–water partition coefficient (Wildman–Crippen LogP) is 4.62. The zero-order valence-electron chi connectivity index (χ0n) is 14.7. The van der Waals surface area contributed by atoms with E-state index < -0.39 is 0 Å². The molecular formula is C21H17ClN4O. The first-order chi connectivity index (χ1) is 13.1. The second-order valence-corrected chi connectivity index (χ2v) is 7.42. The van der Waals surface area contributed by atoms with Gasteiger partial charge in [-0.1, -0.05) is 35.9 Å². The van der Waals surface area contributed by atoms with E-state index in [4.69, 9.17) is 11.6 Å². The van der Waals surface area contributed by atoms with Crippen molar-refractivity contribution in [3.8, 4) is 5.95 Å². The van der Waals surface area contributed by atoms with E-state index in [1.165, 1.54) is 0 Å². The molecule has 0 spiro atoms. The number of Topliss-reactive ketones (excluding diaryl/α,β-unsaturated/α-hetero) is 1. The lowest BCUT2D eigenvalue weighted by atomic mass is 9.81. The molecule has 5 rings (SSSR count). The molecular weight excluding hydrogens is 360 g/mol. The fraction of sp³-hybridized carbons (Fsp3) is 0.190. The molecule has 2 aromatic heterocycles. The normalized spacial score (nSPS) is 16.7. The maximum absolute atomic E-state index is 12.9. The van der Waals surface area contributed by atoms with Crippen LogP contribution in [0, 0.1) is 6.92 Å². The fourth-order valence-corrected chi connectivity index (χ4v) is 4.17. The molecule has 5 nitrogen and oxygen atoms in total. The quantitative estimate of drug-likeness (QED) is 0.555. The van der Waals surface area contributed by atoms with E-state index in [2.05, 4.69) is 15.1 Å². The SMILES string of the molecule is Cc1nn(-c2nc3ccccc3[nH]2)c2c1C(=O)CC(c1cccc(Cl)c1)C2. The number of hydrogen-bond acceptors (Lipinski definition) is 3. The van der Waals surface area contributed by atoms with Crippen molar-refractivity contribution >= 4 is 28.4 Å². The van der Waals surface area contributed by atoms with E-state index in [0.717, 1.165) is 40.0 Å². The molecule has 0 fully saturated rings. The van der Waals surface area contributed by atoms with Crippen LogP contribution in [0.3, 0.4) is 0 Å². The minimum absolute atomic E-state index is 0.0860. The lowest BCUT2D eigenvalue weighted by molar-refractivity contribution is 0.0963. The average molecular weight is 377 g/mol. The highest BCUT2D eigenvalue weighted by atomic mass is 35.5. The third-order valence-electron chi connectivity index (χ3n) is 5.20. The van der Waals surface area contributed by atoms with Crippen LogP contribution < -0.4 is 0 Å². The molecule has 1 aliphatic carbocycles. The van der Waals surface area contributed by atoms with Crippen molar-refractivity contribution < 1.29 is 4.79 Å². The van der Waals surface area contributed by atoms with Gasteiger partial charge in [0.25, 0.3) is 0 Å². The van der Waals surface area contributed by atoms with Gasteiger partial charge in [0, 0.05) is 11.4 Å². The Balaban J connectivity index is 1.62. The number of rotatable bonds is 2. The summed E-state index contributed by atoms with van der Waals surface area (Å²) in [5.41, 5.74) is 5.30.